The van der Waals surface area contributed by atoms with Crippen LogP contribution < -0.4 is 0 Å². The number of amides is 1. The first-order valence-electron chi connectivity index (χ1n) is 8.58. The zero-order valence-electron chi connectivity index (χ0n) is 14.0. The lowest BCUT2D eigenvalue weighted by atomic mass is 9.88. The summed E-state index contributed by atoms with van der Waals surface area (Å²) in [5.41, 5.74) is 0.761. The van der Waals surface area contributed by atoms with Crippen molar-refractivity contribution in [2.75, 3.05) is 46.0 Å². The van der Waals surface area contributed by atoms with Gasteiger partial charge in [0.25, 0.3) is 5.91 Å². The molecule has 1 aromatic rings. The number of benzene rings is 1. The standard InChI is InChI=1S/C18H23FN2O3/c1-13-2-3-14(8-16(13)19)17(22)21-11-18(12-21)9-15(10-24-18)20-4-6-23-7-5-20/h2-3,8,15H,4-7,9-12H2,1H3. The maximum atomic E-state index is 13.7. The quantitative estimate of drug-likeness (QED) is 0.821. The highest BCUT2D eigenvalue weighted by Gasteiger charge is 2.52. The van der Waals surface area contributed by atoms with Gasteiger partial charge in [0.2, 0.25) is 0 Å². The summed E-state index contributed by atoms with van der Waals surface area (Å²) in [6.07, 6.45) is 0.957. The fraction of sp³-hybridized carbons (Fsp3) is 0.611. The highest BCUT2D eigenvalue weighted by atomic mass is 19.1. The monoisotopic (exact) mass is 334 g/mol. The number of ether oxygens (including phenoxy) is 2. The van der Waals surface area contributed by atoms with Gasteiger partial charge in [-0.2, -0.15) is 0 Å². The molecule has 3 aliphatic heterocycles. The second kappa shape index (κ2) is 6.10. The molecular formula is C18H23FN2O3. The lowest BCUT2D eigenvalue weighted by Gasteiger charge is -2.47. The third-order valence-electron chi connectivity index (χ3n) is 5.42. The van der Waals surface area contributed by atoms with Gasteiger partial charge in [0.1, 0.15) is 11.4 Å². The molecule has 1 amide bonds. The van der Waals surface area contributed by atoms with Gasteiger partial charge < -0.3 is 14.4 Å². The van der Waals surface area contributed by atoms with Crippen LogP contribution in [0.15, 0.2) is 18.2 Å². The van der Waals surface area contributed by atoms with Crippen LogP contribution in [0.2, 0.25) is 0 Å². The molecule has 3 saturated heterocycles. The summed E-state index contributed by atoms with van der Waals surface area (Å²) in [6, 6.07) is 5.09. The van der Waals surface area contributed by atoms with E-state index in [1.54, 1.807) is 24.0 Å². The van der Waals surface area contributed by atoms with E-state index >= 15 is 0 Å². The maximum Gasteiger partial charge on any atom is 0.254 e. The molecule has 4 rings (SSSR count). The normalized spacial score (nSPS) is 26.6. The summed E-state index contributed by atoms with van der Waals surface area (Å²) >= 11 is 0. The van der Waals surface area contributed by atoms with Crippen LogP contribution in [0.4, 0.5) is 4.39 Å². The Morgan fingerprint density at radius 1 is 1.29 bits per heavy atom. The molecule has 3 heterocycles. The Balaban J connectivity index is 1.35. The molecule has 1 spiro atoms. The molecule has 0 radical (unpaired) electrons. The molecule has 1 unspecified atom stereocenters. The minimum atomic E-state index is -0.333. The Morgan fingerprint density at radius 3 is 2.75 bits per heavy atom. The molecular weight excluding hydrogens is 311 g/mol. The summed E-state index contributed by atoms with van der Waals surface area (Å²) in [5, 5.41) is 0. The smallest absolute Gasteiger partial charge is 0.254 e. The van der Waals surface area contributed by atoms with Crippen LogP contribution in [0.5, 0.6) is 0 Å². The molecule has 0 N–H and O–H groups in total. The van der Waals surface area contributed by atoms with E-state index in [1.165, 1.54) is 6.07 Å². The lowest BCUT2D eigenvalue weighted by Crippen LogP contribution is -2.63. The lowest BCUT2D eigenvalue weighted by molar-refractivity contribution is -0.0951. The van der Waals surface area contributed by atoms with Crippen LogP contribution in [-0.4, -0.2) is 73.3 Å². The topological polar surface area (TPSA) is 42.0 Å². The van der Waals surface area contributed by atoms with E-state index in [0.29, 0.717) is 30.3 Å². The van der Waals surface area contributed by atoms with Gasteiger partial charge in [0.15, 0.2) is 0 Å². The van der Waals surface area contributed by atoms with E-state index in [4.69, 9.17) is 9.47 Å². The van der Waals surface area contributed by atoms with E-state index in [2.05, 4.69) is 4.90 Å². The summed E-state index contributed by atoms with van der Waals surface area (Å²) < 4.78 is 25.1. The van der Waals surface area contributed by atoms with Crippen LogP contribution in [0.1, 0.15) is 22.3 Å². The Bertz CT molecular complexity index is 639. The van der Waals surface area contributed by atoms with Crippen LogP contribution in [0.25, 0.3) is 0 Å². The van der Waals surface area contributed by atoms with Gasteiger partial charge >= 0.3 is 0 Å². The number of aryl methyl sites for hydroxylation is 1. The highest BCUT2D eigenvalue weighted by Crippen LogP contribution is 2.37. The number of rotatable bonds is 2. The average molecular weight is 334 g/mol. The van der Waals surface area contributed by atoms with Crippen molar-refractivity contribution in [3.63, 3.8) is 0 Å². The number of nitrogens with zero attached hydrogens (tertiary/aromatic N) is 2. The van der Waals surface area contributed by atoms with Crippen molar-refractivity contribution in [3.05, 3.63) is 35.1 Å². The summed E-state index contributed by atoms with van der Waals surface area (Å²) in [5.74, 6) is -0.446. The molecule has 3 aliphatic rings. The number of carbonyl (C=O) groups excluding carboxylic acids is 1. The van der Waals surface area contributed by atoms with Crippen LogP contribution in [0, 0.1) is 12.7 Å². The molecule has 0 saturated carbocycles. The Labute approximate surface area is 141 Å². The van der Waals surface area contributed by atoms with Crippen molar-refractivity contribution in [2.24, 2.45) is 0 Å². The van der Waals surface area contributed by atoms with Crippen molar-refractivity contribution < 1.29 is 18.7 Å². The van der Waals surface area contributed by atoms with Crippen molar-refractivity contribution in [1.29, 1.82) is 0 Å². The predicted molar refractivity (Wildman–Crippen MR) is 86.5 cm³/mol. The van der Waals surface area contributed by atoms with Gasteiger partial charge in [-0.1, -0.05) is 6.07 Å². The van der Waals surface area contributed by atoms with Crippen molar-refractivity contribution in [2.45, 2.75) is 25.0 Å². The van der Waals surface area contributed by atoms with Crippen molar-refractivity contribution >= 4 is 5.91 Å². The second-order valence-electron chi connectivity index (χ2n) is 7.13. The fourth-order valence-corrected chi connectivity index (χ4v) is 3.92. The van der Waals surface area contributed by atoms with Gasteiger partial charge in [0.05, 0.1) is 32.9 Å². The van der Waals surface area contributed by atoms with E-state index in [-0.39, 0.29) is 17.3 Å². The minimum absolute atomic E-state index is 0.113. The molecule has 6 heteroatoms. The largest absolute Gasteiger partial charge is 0.379 e. The number of halogens is 1. The molecule has 0 aliphatic carbocycles. The third kappa shape index (κ3) is 2.83. The average Bonchev–Trinajstić information content (AvgIpc) is 3.02. The predicted octanol–water partition coefficient (Wildman–Crippen LogP) is 1.45. The summed E-state index contributed by atoms with van der Waals surface area (Å²) in [4.78, 5) is 16.7. The Kier molecular flexibility index (Phi) is 4.06. The summed E-state index contributed by atoms with van der Waals surface area (Å²) in [6.45, 7) is 7.09. The molecule has 1 atom stereocenters. The highest BCUT2D eigenvalue weighted by molar-refractivity contribution is 5.95. The first-order valence-corrected chi connectivity index (χ1v) is 8.58. The number of carbonyl (C=O) groups is 1. The minimum Gasteiger partial charge on any atom is -0.379 e. The van der Waals surface area contributed by atoms with Crippen LogP contribution in [-0.2, 0) is 9.47 Å². The molecule has 0 bridgehead atoms. The Hall–Kier alpha value is -1.50. The summed E-state index contributed by atoms with van der Waals surface area (Å²) in [7, 11) is 0. The van der Waals surface area contributed by atoms with E-state index in [0.717, 1.165) is 39.3 Å². The van der Waals surface area contributed by atoms with Crippen molar-refractivity contribution in [3.8, 4) is 0 Å². The van der Waals surface area contributed by atoms with Gasteiger partial charge in [-0.25, -0.2) is 4.39 Å². The van der Waals surface area contributed by atoms with E-state index < -0.39 is 0 Å². The Morgan fingerprint density at radius 2 is 2.04 bits per heavy atom. The molecule has 0 aromatic heterocycles. The SMILES string of the molecule is Cc1ccc(C(=O)N2CC3(CC(N4CCOCC4)CO3)C2)cc1F. The van der Waals surface area contributed by atoms with Gasteiger partial charge in [-0.3, -0.25) is 9.69 Å². The zero-order chi connectivity index (χ0) is 16.7. The van der Waals surface area contributed by atoms with E-state index in [1.807, 2.05) is 0 Å². The van der Waals surface area contributed by atoms with Gasteiger partial charge in [-0.05, 0) is 31.0 Å². The fourth-order valence-electron chi connectivity index (χ4n) is 3.92. The molecule has 5 nitrogen and oxygen atoms in total. The second-order valence-corrected chi connectivity index (χ2v) is 7.13. The number of hydrogen-bond acceptors (Lipinski definition) is 4. The first kappa shape index (κ1) is 16.0. The maximum absolute atomic E-state index is 13.7. The first-order chi connectivity index (χ1) is 11.6. The molecule has 24 heavy (non-hydrogen) atoms. The molecule has 3 fully saturated rings. The number of hydrogen-bond donors (Lipinski definition) is 0. The van der Waals surface area contributed by atoms with Crippen LogP contribution >= 0.6 is 0 Å². The number of likely N-dealkylation sites (tertiary alicyclic amines) is 1. The molecule has 1 aromatic carbocycles. The van der Waals surface area contributed by atoms with Crippen molar-refractivity contribution in [1.82, 2.24) is 9.80 Å². The van der Waals surface area contributed by atoms with Gasteiger partial charge in [-0.15, -0.1) is 0 Å². The molecule has 130 valence electrons. The zero-order valence-corrected chi connectivity index (χ0v) is 14.0. The third-order valence-corrected chi connectivity index (χ3v) is 5.42. The number of morpholine rings is 1. The van der Waals surface area contributed by atoms with Gasteiger partial charge in [0, 0.05) is 24.7 Å². The van der Waals surface area contributed by atoms with E-state index in [9.17, 15) is 9.18 Å². The van der Waals surface area contributed by atoms with Crippen LogP contribution in [0.3, 0.4) is 0 Å².